The van der Waals surface area contributed by atoms with Crippen molar-refractivity contribution >= 4 is 32.5 Å². The summed E-state index contributed by atoms with van der Waals surface area (Å²) in [6.45, 7) is 1.03. The van der Waals surface area contributed by atoms with Gasteiger partial charge in [-0.2, -0.15) is 4.31 Å². The van der Waals surface area contributed by atoms with Crippen LogP contribution in [-0.2, 0) is 10.0 Å². The molecule has 28 heavy (non-hydrogen) atoms. The van der Waals surface area contributed by atoms with Crippen molar-refractivity contribution in [3.05, 3.63) is 66.4 Å². The zero-order valence-electron chi connectivity index (χ0n) is 15.3. The minimum absolute atomic E-state index is 0.128. The van der Waals surface area contributed by atoms with Gasteiger partial charge in [-0.25, -0.2) is 8.42 Å². The monoisotopic (exact) mass is 395 g/mol. The number of para-hydroxylation sites is 1. The van der Waals surface area contributed by atoms with Gasteiger partial charge in [-0.15, -0.1) is 0 Å². The second-order valence-corrected chi connectivity index (χ2v) is 8.70. The van der Waals surface area contributed by atoms with Gasteiger partial charge in [0.15, 0.2) is 0 Å². The molecule has 0 saturated carbocycles. The van der Waals surface area contributed by atoms with Gasteiger partial charge in [-0.05, 0) is 43.2 Å². The Balaban J connectivity index is 1.68. The number of carbonyl (C=O) groups is 1. The molecule has 7 heteroatoms. The molecule has 144 valence electrons. The van der Waals surface area contributed by atoms with E-state index in [-0.39, 0.29) is 10.8 Å². The summed E-state index contributed by atoms with van der Waals surface area (Å²) >= 11 is 0. The van der Waals surface area contributed by atoms with Crippen LogP contribution in [0.5, 0.6) is 0 Å². The Morgan fingerprint density at radius 2 is 1.71 bits per heavy atom. The highest BCUT2D eigenvalue weighted by Crippen LogP contribution is 2.27. The topological polar surface area (TPSA) is 79.4 Å². The van der Waals surface area contributed by atoms with Crippen molar-refractivity contribution in [3.63, 3.8) is 0 Å². The summed E-state index contributed by atoms with van der Waals surface area (Å²) in [7, 11) is -3.66. The van der Waals surface area contributed by atoms with Crippen molar-refractivity contribution in [2.75, 3.05) is 18.4 Å². The number of hydrogen-bond acceptors (Lipinski definition) is 4. The number of piperidine rings is 1. The van der Waals surface area contributed by atoms with Crippen LogP contribution in [-0.4, -0.2) is 36.7 Å². The summed E-state index contributed by atoms with van der Waals surface area (Å²) in [6, 6.07) is 15.5. The molecule has 1 saturated heterocycles. The first-order chi connectivity index (χ1) is 13.6. The average molecular weight is 395 g/mol. The Kier molecular flexibility index (Phi) is 5.11. The van der Waals surface area contributed by atoms with Crippen molar-refractivity contribution in [3.8, 4) is 0 Å². The maximum Gasteiger partial charge on any atom is 0.256 e. The fraction of sp³-hybridized carbons (Fsp3) is 0.238. The summed E-state index contributed by atoms with van der Waals surface area (Å²) in [4.78, 5) is 17.3. The summed E-state index contributed by atoms with van der Waals surface area (Å²) in [5, 5.41) is 3.51. The largest absolute Gasteiger partial charge is 0.321 e. The highest BCUT2D eigenvalue weighted by molar-refractivity contribution is 7.89. The van der Waals surface area contributed by atoms with Crippen molar-refractivity contribution in [1.29, 1.82) is 0 Å². The minimum atomic E-state index is -3.66. The molecule has 2 heterocycles. The van der Waals surface area contributed by atoms with Gasteiger partial charge < -0.3 is 5.32 Å². The van der Waals surface area contributed by atoms with Gasteiger partial charge in [0.1, 0.15) is 4.90 Å². The number of carbonyl (C=O) groups excluding carboxylic acids is 1. The molecule has 0 unspecified atom stereocenters. The lowest BCUT2D eigenvalue weighted by atomic mass is 10.1. The highest BCUT2D eigenvalue weighted by atomic mass is 32.2. The van der Waals surface area contributed by atoms with Crippen LogP contribution in [0.15, 0.2) is 65.7 Å². The molecule has 6 nitrogen and oxygen atoms in total. The number of sulfonamides is 1. The number of nitrogens with one attached hydrogen (secondary N) is 1. The molecule has 1 aromatic heterocycles. The number of amides is 1. The fourth-order valence-corrected chi connectivity index (χ4v) is 5.19. The van der Waals surface area contributed by atoms with Crippen molar-refractivity contribution in [2.24, 2.45) is 0 Å². The first-order valence-electron chi connectivity index (χ1n) is 9.32. The first-order valence-corrected chi connectivity index (χ1v) is 10.8. The molecular formula is C21H21N3O3S. The molecule has 1 N–H and O–H groups in total. The molecule has 0 bridgehead atoms. The second kappa shape index (κ2) is 7.69. The normalized spacial score (nSPS) is 15.4. The number of hydrogen-bond donors (Lipinski definition) is 1. The standard InChI is InChI=1S/C21H21N3O3S/c25-21(17-8-6-11-18-16(17)9-7-13-22-18)23-19-10-2-3-12-20(19)28(26,27)24-14-4-1-5-15-24/h2-3,6-13H,1,4-5,14-15H2,(H,23,25). The lowest BCUT2D eigenvalue weighted by Gasteiger charge is -2.26. The second-order valence-electron chi connectivity index (χ2n) is 6.79. The molecule has 1 amide bonds. The van der Waals surface area contributed by atoms with E-state index in [9.17, 15) is 13.2 Å². The van der Waals surface area contributed by atoms with Crippen LogP contribution in [0.3, 0.4) is 0 Å². The Labute approximate surface area is 164 Å². The first kappa shape index (κ1) is 18.6. The third-order valence-electron chi connectivity index (χ3n) is 4.96. The van der Waals surface area contributed by atoms with Gasteiger partial charge in [0, 0.05) is 30.2 Å². The van der Waals surface area contributed by atoms with Crippen LogP contribution in [0.2, 0.25) is 0 Å². The molecule has 0 spiro atoms. The Morgan fingerprint density at radius 3 is 2.54 bits per heavy atom. The number of anilines is 1. The van der Waals surface area contributed by atoms with Crippen molar-refractivity contribution in [1.82, 2.24) is 9.29 Å². The van der Waals surface area contributed by atoms with Crippen LogP contribution in [0.25, 0.3) is 10.9 Å². The number of pyridine rings is 1. The number of nitrogens with zero attached hydrogens (tertiary/aromatic N) is 2. The molecular weight excluding hydrogens is 374 g/mol. The molecule has 4 rings (SSSR count). The molecule has 1 aliphatic rings. The van der Waals surface area contributed by atoms with E-state index in [2.05, 4.69) is 10.3 Å². The molecule has 0 radical (unpaired) electrons. The molecule has 2 aromatic carbocycles. The maximum atomic E-state index is 13.1. The van der Waals surface area contributed by atoms with Gasteiger partial charge >= 0.3 is 0 Å². The maximum absolute atomic E-state index is 13.1. The highest BCUT2D eigenvalue weighted by Gasteiger charge is 2.28. The van der Waals surface area contributed by atoms with Crippen LogP contribution in [0.4, 0.5) is 5.69 Å². The predicted octanol–water partition coefficient (Wildman–Crippen LogP) is 3.66. The van der Waals surface area contributed by atoms with E-state index in [4.69, 9.17) is 0 Å². The van der Waals surface area contributed by atoms with Gasteiger partial charge in [0.25, 0.3) is 5.91 Å². The Hall–Kier alpha value is -2.77. The van der Waals surface area contributed by atoms with Gasteiger partial charge in [-0.3, -0.25) is 9.78 Å². The van der Waals surface area contributed by atoms with Crippen molar-refractivity contribution in [2.45, 2.75) is 24.2 Å². The summed E-state index contributed by atoms with van der Waals surface area (Å²) in [6.07, 6.45) is 4.43. The van der Waals surface area contributed by atoms with E-state index >= 15 is 0 Å². The molecule has 3 aromatic rings. The van der Waals surface area contributed by atoms with Crippen LogP contribution < -0.4 is 5.32 Å². The zero-order valence-corrected chi connectivity index (χ0v) is 16.2. The van der Waals surface area contributed by atoms with Crippen molar-refractivity contribution < 1.29 is 13.2 Å². The summed E-state index contributed by atoms with van der Waals surface area (Å²) in [5.74, 6) is -0.361. The lowest BCUT2D eigenvalue weighted by Crippen LogP contribution is -2.36. The van der Waals surface area contributed by atoms with E-state index < -0.39 is 10.0 Å². The van der Waals surface area contributed by atoms with E-state index in [0.717, 1.165) is 24.6 Å². The zero-order chi connectivity index (χ0) is 19.6. The smallest absolute Gasteiger partial charge is 0.256 e. The quantitative estimate of drug-likeness (QED) is 0.731. The van der Waals surface area contributed by atoms with Gasteiger partial charge in [-0.1, -0.05) is 30.7 Å². The Bertz CT molecular complexity index is 1120. The SMILES string of the molecule is O=C(Nc1ccccc1S(=O)(=O)N1CCCCC1)c1cccc2ncccc12. The third-order valence-corrected chi connectivity index (χ3v) is 6.92. The molecule has 1 aliphatic heterocycles. The van der Waals surface area contributed by atoms with E-state index in [1.807, 2.05) is 12.1 Å². The molecule has 1 fully saturated rings. The number of benzene rings is 2. The number of fused-ring (bicyclic) bond motifs is 1. The Morgan fingerprint density at radius 1 is 0.929 bits per heavy atom. The van der Waals surface area contributed by atoms with E-state index in [1.54, 1.807) is 48.7 Å². The van der Waals surface area contributed by atoms with E-state index in [1.165, 1.54) is 4.31 Å². The predicted molar refractivity (Wildman–Crippen MR) is 109 cm³/mol. The number of aromatic nitrogens is 1. The fourth-order valence-electron chi connectivity index (χ4n) is 3.53. The van der Waals surface area contributed by atoms with Crippen LogP contribution in [0.1, 0.15) is 29.6 Å². The molecule has 0 aliphatic carbocycles. The summed E-state index contributed by atoms with van der Waals surface area (Å²) in [5.41, 5.74) is 1.46. The minimum Gasteiger partial charge on any atom is -0.321 e. The van der Waals surface area contributed by atoms with Gasteiger partial charge in [0.05, 0.1) is 11.2 Å². The van der Waals surface area contributed by atoms with Crippen LogP contribution >= 0.6 is 0 Å². The summed E-state index contributed by atoms with van der Waals surface area (Å²) < 4.78 is 27.7. The third kappa shape index (κ3) is 3.50. The van der Waals surface area contributed by atoms with E-state index in [0.29, 0.717) is 29.9 Å². The van der Waals surface area contributed by atoms with Crippen LogP contribution in [0, 0.1) is 0 Å². The lowest BCUT2D eigenvalue weighted by molar-refractivity contribution is 0.102. The van der Waals surface area contributed by atoms with Gasteiger partial charge in [0.2, 0.25) is 10.0 Å². The average Bonchev–Trinajstić information content (AvgIpc) is 2.74. The molecule has 0 atom stereocenters. The number of rotatable bonds is 4.